The number of thioether (sulfide) groups is 2. The summed E-state index contributed by atoms with van der Waals surface area (Å²) in [5.41, 5.74) is 7.59. The molecule has 4 aromatic carbocycles. The molecule has 0 radical (unpaired) electrons. The third-order valence-electron chi connectivity index (χ3n) is 13.0. The van der Waals surface area contributed by atoms with Crippen LogP contribution in [0.5, 0.6) is 34.5 Å². The van der Waals surface area contributed by atoms with Crippen LogP contribution in [0.25, 0.3) is 22.3 Å². The minimum absolute atomic E-state index is 0.0549. The number of benzene rings is 2. The summed E-state index contributed by atoms with van der Waals surface area (Å²) in [5, 5.41) is 6.55. The first kappa shape index (κ1) is 47.1. The van der Waals surface area contributed by atoms with Crippen molar-refractivity contribution in [3.05, 3.63) is 85.5 Å². The average molecular weight is 927 g/mol. The largest absolute Gasteiger partial charge is 0.493 e. The molecule has 6 atom stereocenters. The van der Waals surface area contributed by atoms with Crippen molar-refractivity contribution in [2.24, 2.45) is 23.7 Å². The summed E-state index contributed by atoms with van der Waals surface area (Å²) >= 11 is 8.77. The Balaban J connectivity index is 0.000000191. The number of methoxy groups -OCH3 is 6. The molecule has 14 heteroatoms. The third-order valence-corrected chi connectivity index (χ3v) is 15.0. The summed E-state index contributed by atoms with van der Waals surface area (Å²) in [4.78, 5) is 40.3. The van der Waals surface area contributed by atoms with Crippen molar-refractivity contribution in [3.63, 3.8) is 0 Å². The van der Waals surface area contributed by atoms with Gasteiger partial charge in [-0.05, 0) is 133 Å². The minimum Gasteiger partial charge on any atom is -0.493 e. The topological polar surface area (TPSA) is 131 Å². The maximum atomic E-state index is 12.9. The molecular weight excluding hydrogens is 869 g/mol. The van der Waals surface area contributed by atoms with Crippen molar-refractivity contribution in [1.29, 1.82) is 0 Å². The highest BCUT2D eigenvalue weighted by atomic mass is 32.2. The summed E-state index contributed by atoms with van der Waals surface area (Å²) in [6, 6.07) is 15.2. The minimum atomic E-state index is -0.269. The third kappa shape index (κ3) is 9.28. The van der Waals surface area contributed by atoms with Gasteiger partial charge in [0.15, 0.2) is 28.4 Å². The first-order valence-corrected chi connectivity index (χ1v) is 24.4. The van der Waals surface area contributed by atoms with E-state index in [4.69, 9.17) is 40.6 Å². The van der Waals surface area contributed by atoms with E-state index in [1.54, 1.807) is 60.5 Å². The number of fused-ring (bicyclic) bond motifs is 6. The Kier molecular flexibility index (Phi) is 14.8. The number of carbonyl (C=O) groups excluding carboxylic acids is 2. The number of carbonyl (C=O) groups is 2. The van der Waals surface area contributed by atoms with Crippen molar-refractivity contribution in [2.45, 2.75) is 74.2 Å². The summed E-state index contributed by atoms with van der Waals surface area (Å²) in [6.45, 7) is 4.21. The van der Waals surface area contributed by atoms with E-state index in [9.17, 15) is 14.4 Å². The van der Waals surface area contributed by atoms with Gasteiger partial charge in [-0.25, -0.2) is 0 Å². The predicted octanol–water partition coefficient (Wildman–Crippen LogP) is 9.81. The monoisotopic (exact) mass is 926 g/mol. The van der Waals surface area contributed by atoms with Crippen LogP contribution >= 0.6 is 35.7 Å². The molecule has 340 valence electrons. The van der Waals surface area contributed by atoms with Crippen LogP contribution in [-0.2, 0) is 22.4 Å². The molecule has 2 saturated carbocycles. The summed E-state index contributed by atoms with van der Waals surface area (Å²) in [7, 11) is 9.67. The Labute approximate surface area is 389 Å². The van der Waals surface area contributed by atoms with Crippen LogP contribution in [0.15, 0.2) is 63.1 Å². The van der Waals surface area contributed by atoms with E-state index in [0.29, 0.717) is 64.1 Å². The molecule has 2 fully saturated rings. The van der Waals surface area contributed by atoms with Crippen molar-refractivity contribution < 1.29 is 38.0 Å². The van der Waals surface area contributed by atoms with Crippen LogP contribution in [0.1, 0.15) is 73.9 Å². The molecule has 64 heavy (non-hydrogen) atoms. The lowest BCUT2D eigenvalue weighted by molar-refractivity contribution is -0.124. The number of nitrogens with one attached hydrogen (secondary N) is 2. The van der Waals surface area contributed by atoms with Gasteiger partial charge in [-0.2, -0.15) is 0 Å². The molecule has 11 nitrogen and oxygen atoms in total. The predicted molar refractivity (Wildman–Crippen MR) is 257 cm³/mol. The Morgan fingerprint density at radius 2 is 1.00 bits per heavy atom. The van der Waals surface area contributed by atoms with Crippen LogP contribution in [0, 0.1) is 28.2 Å². The zero-order valence-corrected chi connectivity index (χ0v) is 40.7. The molecule has 4 unspecified atom stereocenters. The fourth-order valence-corrected chi connectivity index (χ4v) is 10.5. The van der Waals surface area contributed by atoms with Gasteiger partial charge in [0, 0.05) is 27.9 Å². The van der Waals surface area contributed by atoms with Crippen molar-refractivity contribution in [3.8, 4) is 56.8 Å². The number of ether oxygens (including phenoxy) is 6. The van der Waals surface area contributed by atoms with Gasteiger partial charge in [0.25, 0.3) is 0 Å². The average Bonchev–Trinajstić information content (AvgIpc) is 4.23. The highest BCUT2D eigenvalue weighted by Gasteiger charge is 2.42. The van der Waals surface area contributed by atoms with Crippen LogP contribution in [-0.4, -0.2) is 67.0 Å². The van der Waals surface area contributed by atoms with E-state index >= 15 is 0 Å². The Bertz CT molecular complexity index is 2410. The zero-order valence-electron chi connectivity index (χ0n) is 38.2. The smallest absolute Gasteiger partial charge is 0.223 e. The number of rotatable bonds is 12. The molecule has 0 heterocycles. The molecule has 8 rings (SSSR count). The number of hydrogen-bond donors (Lipinski definition) is 2. The number of aryl methyl sites for hydroxylation is 2. The van der Waals surface area contributed by atoms with E-state index in [0.717, 1.165) is 79.6 Å². The molecule has 0 spiro atoms. The fourth-order valence-electron chi connectivity index (χ4n) is 9.17. The fraction of sp³-hybridized carbons (Fsp3) is 0.440. The maximum Gasteiger partial charge on any atom is 0.223 e. The molecule has 4 aromatic rings. The van der Waals surface area contributed by atoms with Crippen molar-refractivity contribution in [1.82, 2.24) is 10.6 Å². The van der Waals surface area contributed by atoms with Gasteiger partial charge in [-0.1, -0.05) is 38.2 Å². The van der Waals surface area contributed by atoms with Crippen LogP contribution in [0.3, 0.4) is 0 Å². The van der Waals surface area contributed by atoms with Crippen LogP contribution in [0.2, 0.25) is 0 Å². The number of amides is 2. The molecule has 2 amide bonds. The van der Waals surface area contributed by atoms with Gasteiger partial charge >= 0.3 is 0 Å². The first-order chi connectivity index (χ1) is 30.9. The molecule has 2 N–H and O–H groups in total. The Morgan fingerprint density at radius 3 is 1.38 bits per heavy atom. The highest BCUT2D eigenvalue weighted by Crippen LogP contribution is 2.52. The molecule has 0 aliphatic heterocycles. The Morgan fingerprint density at radius 1 is 0.594 bits per heavy atom. The second kappa shape index (κ2) is 20.1. The zero-order chi connectivity index (χ0) is 46.0. The molecule has 0 aromatic heterocycles. The lowest BCUT2D eigenvalue weighted by Crippen LogP contribution is -2.30. The van der Waals surface area contributed by atoms with Gasteiger partial charge in [0.1, 0.15) is 0 Å². The molecule has 0 saturated heterocycles. The highest BCUT2D eigenvalue weighted by molar-refractivity contribution is 7.99. The lowest BCUT2D eigenvalue weighted by Gasteiger charge is -2.20. The normalized spacial score (nSPS) is 21.0. The summed E-state index contributed by atoms with van der Waals surface area (Å²) < 4.78 is 34.9. The van der Waals surface area contributed by atoms with Gasteiger partial charge < -0.3 is 39.1 Å². The van der Waals surface area contributed by atoms with Gasteiger partial charge in [0.2, 0.25) is 23.3 Å². The number of hydrogen-bond acceptors (Lipinski definition) is 12. The summed E-state index contributed by atoms with van der Waals surface area (Å²) in [5.74, 6) is 4.72. The van der Waals surface area contributed by atoms with Crippen LogP contribution in [0.4, 0.5) is 0 Å². The van der Waals surface area contributed by atoms with Gasteiger partial charge in [-0.3, -0.25) is 14.4 Å². The SMILES string of the molecule is COc1cc2c(c(OC)c1OC)-c1ccc(SC)c(=O)cc1[C@@H](NC(=O)C1CC1C)CC2.COc1cc2c(c(OC)c1OC)-c1ccc(SC)c(=S)cc1[C@@H](NC(=O)C1CC1C)CC2. The van der Waals surface area contributed by atoms with Gasteiger partial charge in [-0.15, -0.1) is 23.5 Å². The first-order valence-electron chi connectivity index (χ1n) is 21.6. The van der Waals surface area contributed by atoms with E-state index < -0.39 is 0 Å². The maximum absolute atomic E-state index is 12.9. The van der Waals surface area contributed by atoms with Crippen LogP contribution < -0.4 is 44.5 Å². The second-order valence-electron chi connectivity index (χ2n) is 16.8. The van der Waals surface area contributed by atoms with Crippen molar-refractivity contribution in [2.75, 3.05) is 55.2 Å². The van der Waals surface area contributed by atoms with Crippen molar-refractivity contribution >= 4 is 47.6 Å². The summed E-state index contributed by atoms with van der Waals surface area (Å²) in [6.07, 6.45) is 8.67. The molecule has 0 bridgehead atoms. The molecular formula is C50H58N2O9S3. The van der Waals surface area contributed by atoms with E-state index in [-0.39, 0.29) is 41.2 Å². The van der Waals surface area contributed by atoms with E-state index in [1.165, 1.54) is 11.8 Å². The second-order valence-corrected chi connectivity index (χ2v) is 18.9. The Hall–Kier alpha value is -4.92. The quantitative estimate of drug-likeness (QED) is 0.104. The van der Waals surface area contributed by atoms with Gasteiger partial charge in [0.05, 0.1) is 64.1 Å². The standard InChI is InChI=1S/C25H29NO5S.C25H29NO4S2/c1-13-10-16(13)25(28)26-18-8-6-14-11-20(29-2)23(30-3)24(31-4)22(14)15-7-9-21(32-5)19(27)12-17(15)18;1-13-10-16(13)25(27)26-18-8-6-14-11-19(28-2)23(29-3)24(30-4)22(14)15-7-9-21(32-5)20(31)12-17(15)18/h7,9,11-13,16,18H,6,8,10H2,1-5H3,(H,26,28);7,9,11-13,16,18H,6,8,10H2,1-5H3,(H,26,27)/t2*13?,16?,18-/m00/s1. The lowest BCUT2D eigenvalue weighted by atomic mass is 9.95. The molecule has 4 aliphatic carbocycles. The molecule has 4 aliphatic rings. The van der Waals surface area contributed by atoms with E-state index in [1.807, 2.05) is 42.8 Å². The van der Waals surface area contributed by atoms with E-state index in [2.05, 4.69) is 36.6 Å².